The molecule has 0 aliphatic carbocycles. The van der Waals surface area contributed by atoms with Crippen molar-refractivity contribution < 1.29 is 18.7 Å². The minimum atomic E-state index is -0.300. The molecule has 4 rings (SSSR count). The Hall–Kier alpha value is -3.37. The first-order valence-corrected chi connectivity index (χ1v) is 9.04. The average molecular weight is 391 g/mol. The molecule has 1 heterocycles. The van der Waals surface area contributed by atoms with Crippen molar-refractivity contribution >= 4 is 34.1 Å². The summed E-state index contributed by atoms with van der Waals surface area (Å²) >= 11 is 5.86. The molecule has 28 heavy (non-hydrogen) atoms. The van der Waals surface area contributed by atoms with Crippen LogP contribution in [0.1, 0.15) is 26.5 Å². The second kappa shape index (κ2) is 7.71. The van der Waals surface area contributed by atoms with Gasteiger partial charge in [-0.25, -0.2) is 0 Å². The Morgan fingerprint density at radius 1 is 0.821 bits per heavy atom. The van der Waals surface area contributed by atoms with Crippen LogP contribution < -0.4 is 4.74 Å². The Bertz CT molecular complexity index is 1140. The highest BCUT2D eigenvalue weighted by atomic mass is 35.5. The molecule has 138 valence electrons. The highest BCUT2D eigenvalue weighted by molar-refractivity contribution is 6.30. The van der Waals surface area contributed by atoms with Crippen LogP contribution in [0, 0.1) is 0 Å². The normalized spacial score (nSPS) is 10.8. The van der Waals surface area contributed by atoms with Gasteiger partial charge >= 0.3 is 0 Å². The summed E-state index contributed by atoms with van der Waals surface area (Å²) < 4.78 is 11.5. The Morgan fingerprint density at radius 2 is 1.50 bits per heavy atom. The summed E-state index contributed by atoms with van der Waals surface area (Å²) in [7, 11) is 0. The van der Waals surface area contributed by atoms with Crippen LogP contribution in [0.15, 0.2) is 83.3 Å². The molecule has 0 aliphatic heterocycles. The monoisotopic (exact) mass is 390 g/mol. The molecule has 0 N–H and O–H groups in total. The maximum Gasteiger partial charge on any atom is 0.232 e. The smallest absolute Gasteiger partial charge is 0.232 e. The Kier molecular flexibility index (Phi) is 4.96. The molecule has 3 aromatic carbocycles. The predicted octanol–water partition coefficient (Wildman–Crippen LogP) is 5.58. The standard InChI is InChI=1S/C23H15ClO4/c24-17-12-10-15(11-13-17)19(25)14-27-22-18-8-4-5-9-20(18)28-23(22)21(26)16-6-2-1-3-7-16/h1-13H,14H2. The minimum Gasteiger partial charge on any atom is -0.481 e. The van der Waals surface area contributed by atoms with E-state index in [1.54, 1.807) is 60.7 Å². The van der Waals surface area contributed by atoms with Crippen molar-refractivity contribution in [2.75, 3.05) is 6.61 Å². The summed E-state index contributed by atoms with van der Waals surface area (Å²) in [5.41, 5.74) is 1.49. The van der Waals surface area contributed by atoms with Gasteiger partial charge in [-0.3, -0.25) is 9.59 Å². The molecule has 0 unspecified atom stereocenters. The number of halogens is 1. The molecule has 0 aliphatic rings. The second-order valence-corrected chi connectivity index (χ2v) is 6.61. The number of carbonyl (C=O) groups is 2. The first-order valence-electron chi connectivity index (χ1n) is 8.66. The van der Waals surface area contributed by atoms with E-state index in [1.807, 2.05) is 18.2 Å². The number of fused-ring (bicyclic) bond motifs is 1. The highest BCUT2D eigenvalue weighted by Crippen LogP contribution is 2.34. The fraction of sp³-hybridized carbons (Fsp3) is 0.0435. The van der Waals surface area contributed by atoms with Crippen LogP contribution in [0.2, 0.25) is 5.02 Å². The van der Waals surface area contributed by atoms with E-state index in [4.69, 9.17) is 20.8 Å². The van der Waals surface area contributed by atoms with Crippen LogP contribution in [0.4, 0.5) is 0 Å². The van der Waals surface area contributed by atoms with Gasteiger partial charge in [0.15, 0.2) is 18.1 Å². The third kappa shape index (κ3) is 3.55. The van der Waals surface area contributed by atoms with Crippen LogP contribution in [-0.4, -0.2) is 18.2 Å². The molecule has 0 fully saturated rings. The number of para-hydroxylation sites is 1. The molecular weight excluding hydrogens is 376 g/mol. The zero-order valence-electron chi connectivity index (χ0n) is 14.7. The second-order valence-electron chi connectivity index (χ2n) is 6.17. The van der Waals surface area contributed by atoms with E-state index < -0.39 is 0 Å². The SMILES string of the molecule is O=C(COc1c(C(=O)c2ccccc2)oc2ccccc12)c1ccc(Cl)cc1. The fourth-order valence-electron chi connectivity index (χ4n) is 2.89. The van der Waals surface area contributed by atoms with Crippen LogP contribution in [0.25, 0.3) is 11.0 Å². The molecular formula is C23H15ClO4. The summed E-state index contributed by atoms with van der Waals surface area (Å²) in [6.07, 6.45) is 0. The number of benzene rings is 3. The van der Waals surface area contributed by atoms with Gasteiger partial charge in [0.25, 0.3) is 0 Å². The zero-order valence-corrected chi connectivity index (χ0v) is 15.5. The molecule has 0 bridgehead atoms. The quantitative estimate of drug-likeness (QED) is 0.403. The Labute approximate surface area is 166 Å². The van der Waals surface area contributed by atoms with E-state index in [0.29, 0.717) is 27.1 Å². The Balaban J connectivity index is 1.66. The van der Waals surface area contributed by atoms with E-state index in [-0.39, 0.29) is 29.7 Å². The van der Waals surface area contributed by atoms with Crippen molar-refractivity contribution in [3.05, 3.63) is 101 Å². The van der Waals surface area contributed by atoms with Crippen molar-refractivity contribution in [3.8, 4) is 5.75 Å². The van der Waals surface area contributed by atoms with Crippen LogP contribution >= 0.6 is 11.6 Å². The highest BCUT2D eigenvalue weighted by Gasteiger charge is 2.24. The van der Waals surface area contributed by atoms with Crippen LogP contribution in [-0.2, 0) is 0 Å². The van der Waals surface area contributed by atoms with Crippen molar-refractivity contribution in [1.29, 1.82) is 0 Å². The summed E-state index contributed by atoms with van der Waals surface area (Å²) in [6, 6.07) is 22.5. The van der Waals surface area contributed by atoms with Crippen LogP contribution in [0.3, 0.4) is 0 Å². The van der Waals surface area contributed by atoms with Crippen molar-refractivity contribution in [2.45, 2.75) is 0 Å². The number of Topliss-reactive ketones (excluding diaryl/α,β-unsaturated/α-hetero) is 1. The van der Waals surface area contributed by atoms with E-state index >= 15 is 0 Å². The van der Waals surface area contributed by atoms with Gasteiger partial charge in [-0.1, -0.05) is 54.1 Å². The van der Waals surface area contributed by atoms with Gasteiger partial charge in [-0.15, -0.1) is 0 Å². The first kappa shape index (κ1) is 18.0. The van der Waals surface area contributed by atoms with Crippen LogP contribution in [0.5, 0.6) is 5.75 Å². The molecule has 1 aromatic heterocycles. The number of furan rings is 1. The predicted molar refractivity (Wildman–Crippen MR) is 107 cm³/mol. The van der Waals surface area contributed by atoms with Gasteiger partial charge < -0.3 is 9.15 Å². The molecule has 4 aromatic rings. The third-order valence-electron chi connectivity index (χ3n) is 4.31. The Morgan fingerprint density at radius 3 is 2.25 bits per heavy atom. The zero-order chi connectivity index (χ0) is 19.5. The maximum absolute atomic E-state index is 12.9. The number of hydrogen-bond acceptors (Lipinski definition) is 4. The van der Waals surface area contributed by atoms with Crippen molar-refractivity contribution in [2.24, 2.45) is 0 Å². The number of carbonyl (C=O) groups excluding carboxylic acids is 2. The van der Waals surface area contributed by atoms with E-state index in [1.165, 1.54) is 0 Å². The molecule has 5 heteroatoms. The molecule has 0 radical (unpaired) electrons. The van der Waals surface area contributed by atoms with Gasteiger partial charge in [0.2, 0.25) is 11.5 Å². The number of ether oxygens (including phenoxy) is 1. The lowest BCUT2D eigenvalue weighted by Crippen LogP contribution is -2.13. The van der Waals surface area contributed by atoms with Gasteiger partial charge in [0, 0.05) is 16.1 Å². The van der Waals surface area contributed by atoms with E-state index in [9.17, 15) is 9.59 Å². The first-order chi connectivity index (χ1) is 13.6. The van der Waals surface area contributed by atoms with E-state index in [0.717, 1.165) is 0 Å². The number of rotatable bonds is 6. The third-order valence-corrected chi connectivity index (χ3v) is 4.56. The lowest BCUT2D eigenvalue weighted by molar-refractivity contribution is 0.0912. The molecule has 4 nitrogen and oxygen atoms in total. The largest absolute Gasteiger partial charge is 0.481 e. The summed E-state index contributed by atoms with van der Waals surface area (Å²) in [5, 5.41) is 1.19. The summed E-state index contributed by atoms with van der Waals surface area (Å²) in [4.78, 5) is 25.4. The molecule has 0 amide bonds. The molecule has 0 spiro atoms. The molecule has 0 atom stereocenters. The number of hydrogen-bond donors (Lipinski definition) is 0. The fourth-order valence-corrected chi connectivity index (χ4v) is 3.02. The van der Waals surface area contributed by atoms with Gasteiger partial charge in [0.05, 0.1) is 5.39 Å². The minimum absolute atomic E-state index is 0.0799. The molecule has 0 saturated heterocycles. The van der Waals surface area contributed by atoms with Gasteiger partial charge in [0.1, 0.15) is 5.58 Å². The van der Waals surface area contributed by atoms with Gasteiger partial charge in [-0.2, -0.15) is 0 Å². The lowest BCUT2D eigenvalue weighted by Gasteiger charge is -2.06. The van der Waals surface area contributed by atoms with Crippen molar-refractivity contribution in [1.82, 2.24) is 0 Å². The topological polar surface area (TPSA) is 56.5 Å². The average Bonchev–Trinajstić information content (AvgIpc) is 3.11. The molecule has 0 saturated carbocycles. The summed E-state index contributed by atoms with van der Waals surface area (Å²) in [5.74, 6) is -0.172. The van der Waals surface area contributed by atoms with Gasteiger partial charge in [-0.05, 0) is 36.4 Å². The maximum atomic E-state index is 12.9. The van der Waals surface area contributed by atoms with E-state index in [2.05, 4.69) is 0 Å². The lowest BCUT2D eigenvalue weighted by atomic mass is 10.1. The van der Waals surface area contributed by atoms with Crippen molar-refractivity contribution in [3.63, 3.8) is 0 Å². The summed E-state index contributed by atoms with van der Waals surface area (Å²) in [6.45, 7) is -0.222. The number of ketones is 2.